The first kappa shape index (κ1) is 26.3. The van der Waals surface area contributed by atoms with E-state index in [1.165, 1.54) is 28.9 Å². The number of aromatic hydroxyl groups is 1. The van der Waals surface area contributed by atoms with Crippen molar-refractivity contribution in [2.75, 3.05) is 5.32 Å². The second-order valence-electron chi connectivity index (χ2n) is 9.16. The summed E-state index contributed by atoms with van der Waals surface area (Å²) in [6, 6.07) is 16.8. The summed E-state index contributed by atoms with van der Waals surface area (Å²) < 4.78 is 40.2. The van der Waals surface area contributed by atoms with E-state index in [0.29, 0.717) is 22.0 Å². The van der Waals surface area contributed by atoms with Gasteiger partial charge >= 0.3 is 12.2 Å². The van der Waals surface area contributed by atoms with Crippen LogP contribution in [-0.2, 0) is 12.7 Å². The number of halogens is 4. The van der Waals surface area contributed by atoms with Crippen LogP contribution < -0.4 is 10.6 Å². The molecule has 200 valence electrons. The number of amides is 2. The number of nitrogens with one attached hydrogen (secondary N) is 2. The van der Waals surface area contributed by atoms with Gasteiger partial charge in [-0.1, -0.05) is 35.9 Å². The van der Waals surface area contributed by atoms with Gasteiger partial charge in [0, 0.05) is 40.4 Å². The molecule has 4 aromatic rings. The molecule has 3 aromatic carbocycles. The van der Waals surface area contributed by atoms with Crippen molar-refractivity contribution in [1.82, 2.24) is 15.1 Å². The Hall–Kier alpha value is -4.31. The number of carbonyl (C=O) groups is 2. The van der Waals surface area contributed by atoms with Crippen molar-refractivity contribution in [1.29, 1.82) is 0 Å². The Morgan fingerprint density at radius 2 is 1.79 bits per heavy atom. The van der Waals surface area contributed by atoms with Crippen LogP contribution >= 0.6 is 11.6 Å². The molecule has 0 saturated heterocycles. The molecule has 39 heavy (non-hydrogen) atoms. The fourth-order valence-electron chi connectivity index (χ4n) is 4.11. The molecular formula is C28H22ClF3N4O3. The molecule has 1 heterocycles. The lowest BCUT2D eigenvalue weighted by atomic mass is 10.1. The molecule has 3 N–H and O–H groups in total. The molecule has 1 aliphatic carbocycles. The van der Waals surface area contributed by atoms with Gasteiger partial charge in [-0.2, -0.15) is 23.0 Å². The van der Waals surface area contributed by atoms with Crippen molar-refractivity contribution in [3.63, 3.8) is 0 Å². The van der Waals surface area contributed by atoms with E-state index in [9.17, 15) is 27.9 Å². The molecule has 1 saturated carbocycles. The van der Waals surface area contributed by atoms with Crippen LogP contribution in [0.4, 0.5) is 23.7 Å². The second kappa shape index (κ2) is 10.5. The highest BCUT2D eigenvalue weighted by molar-refractivity contribution is 6.31. The molecule has 7 nitrogen and oxygen atoms in total. The van der Waals surface area contributed by atoms with Crippen molar-refractivity contribution in [2.45, 2.75) is 31.5 Å². The highest BCUT2D eigenvalue weighted by Crippen LogP contribution is 2.42. The number of rotatable bonds is 6. The first-order valence-corrected chi connectivity index (χ1v) is 12.4. The van der Waals surface area contributed by atoms with Gasteiger partial charge in [-0.15, -0.1) is 0 Å². The summed E-state index contributed by atoms with van der Waals surface area (Å²) in [6.45, 7) is 0.212. The van der Waals surface area contributed by atoms with Crippen molar-refractivity contribution in [3.05, 3.63) is 100 Å². The third-order valence-corrected chi connectivity index (χ3v) is 6.67. The van der Waals surface area contributed by atoms with Crippen molar-refractivity contribution in [2.24, 2.45) is 0 Å². The number of hydrogen-bond acceptors (Lipinski definition) is 4. The maximum absolute atomic E-state index is 13.0. The monoisotopic (exact) mass is 554 g/mol. The molecule has 0 atom stereocenters. The van der Waals surface area contributed by atoms with Gasteiger partial charge in [-0.05, 0) is 60.9 Å². The zero-order valence-electron chi connectivity index (χ0n) is 20.3. The first-order valence-electron chi connectivity index (χ1n) is 12.0. The van der Waals surface area contributed by atoms with Gasteiger partial charge in [-0.25, -0.2) is 4.79 Å². The van der Waals surface area contributed by atoms with E-state index in [4.69, 9.17) is 11.6 Å². The third kappa shape index (κ3) is 5.91. The van der Waals surface area contributed by atoms with Crippen LogP contribution in [0.1, 0.15) is 45.9 Å². The molecule has 2 amide bonds. The number of phenols is 1. The smallest absolute Gasteiger partial charge is 0.416 e. The Balaban J connectivity index is 1.34. The minimum atomic E-state index is -4.58. The summed E-state index contributed by atoms with van der Waals surface area (Å²) >= 11 is 6.18. The van der Waals surface area contributed by atoms with Gasteiger partial charge in [0.05, 0.1) is 17.0 Å². The number of hydrogen-bond donors (Lipinski definition) is 3. The Kier molecular flexibility index (Phi) is 7.05. The second-order valence-corrected chi connectivity index (χ2v) is 9.56. The van der Waals surface area contributed by atoms with Gasteiger partial charge < -0.3 is 15.7 Å². The van der Waals surface area contributed by atoms with E-state index in [-0.39, 0.29) is 29.5 Å². The molecule has 11 heteroatoms. The SMILES string of the molecule is O=C(Nc1ccc(-c2cc(C3CC3)n(C(=O)NCc3ccccc3Cl)n2)c(O)c1)c1cccc(C(F)(F)F)c1. The van der Waals surface area contributed by atoms with Crippen molar-refractivity contribution < 1.29 is 27.9 Å². The van der Waals surface area contributed by atoms with Gasteiger partial charge in [-0.3, -0.25) is 4.79 Å². The standard InChI is InChI=1S/C28H22ClF3N4O3/c29-22-7-2-1-4-18(22)15-33-27(39)36-24(16-8-9-16)14-23(35-36)21-11-10-20(13-25(21)37)34-26(38)17-5-3-6-19(12-17)28(30,31)32/h1-7,10-14,16,37H,8-9,15H2,(H,33,39)(H,34,38). The number of aromatic nitrogens is 2. The number of anilines is 1. The maximum atomic E-state index is 13.0. The number of carbonyl (C=O) groups excluding carboxylic acids is 2. The quantitative estimate of drug-likeness (QED) is 0.244. The van der Waals surface area contributed by atoms with Gasteiger partial charge in [0.15, 0.2) is 0 Å². The van der Waals surface area contributed by atoms with E-state index in [1.807, 2.05) is 12.1 Å². The Bertz CT molecular complexity index is 1560. The average Bonchev–Trinajstić information content (AvgIpc) is 3.66. The van der Waals surface area contributed by atoms with Crippen LogP contribution in [0.3, 0.4) is 0 Å². The van der Waals surface area contributed by atoms with E-state index in [1.54, 1.807) is 18.2 Å². The lowest BCUT2D eigenvalue weighted by molar-refractivity contribution is -0.137. The van der Waals surface area contributed by atoms with Crippen LogP contribution in [0.5, 0.6) is 5.75 Å². The highest BCUT2D eigenvalue weighted by atomic mass is 35.5. The Morgan fingerprint density at radius 3 is 2.49 bits per heavy atom. The van der Waals surface area contributed by atoms with E-state index < -0.39 is 23.7 Å². The lowest BCUT2D eigenvalue weighted by Crippen LogP contribution is -2.30. The molecular weight excluding hydrogens is 533 g/mol. The Morgan fingerprint density at radius 1 is 1.03 bits per heavy atom. The molecule has 1 aromatic heterocycles. The molecule has 0 radical (unpaired) electrons. The summed E-state index contributed by atoms with van der Waals surface area (Å²) in [6.07, 6.45) is -2.75. The third-order valence-electron chi connectivity index (χ3n) is 6.30. The number of benzene rings is 3. The predicted octanol–water partition coefficient (Wildman–Crippen LogP) is 6.82. The summed E-state index contributed by atoms with van der Waals surface area (Å²) in [5, 5.41) is 21.0. The predicted molar refractivity (Wildman–Crippen MR) is 140 cm³/mol. The summed E-state index contributed by atoms with van der Waals surface area (Å²) in [5.41, 5.74) is 1.22. The van der Waals surface area contributed by atoms with Crippen molar-refractivity contribution >= 4 is 29.2 Å². The average molecular weight is 555 g/mol. The van der Waals surface area contributed by atoms with Crippen LogP contribution in [-0.4, -0.2) is 26.8 Å². The molecule has 1 aliphatic rings. The fourth-order valence-corrected chi connectivity index (χ4v) is 4.32. The topological polar surface area (TPSA) is 96.3 Å². The van der Waals surface area contributed by atoms with Gasteiger partial charge in [0.2, 0.25) is 0 Å². The first-order chi connectivity index (χ1) is 18.6. The highest BCUT2D eigenvalue weighted by Gasteiger charge is 2.32. The molecule has 1 fully saturated rings. The van der Waals surface area contributed by atoms with Crippen LogP contribution in [0, 0.1) is 0 Å². The lowest BCUT2D eigenvalue weighted by Gasteiger charge is -2.10. The maximum Gasteiger partial charge on any atom is 0.416 e. The Labute approximate surface area is 226 Å². The minimum absolute atomic E-state index is 0.172. The number of alkyl halides is 3. The van der Waals surface area contributed by atoms with E-state index >= 15 is 0 Å². The zero-order chi connectivity index (χ0) is 27.7. The molecule has 0 unspecified atom stereocenters. The summed E-state index contributed by atoms with van der Waals surface area (Å²) in [4.78, 5) is 25.5. The van der Waals surface area contributed by atoms with Crippen molar-refractivity contribution in [3.8, 4) is 17.0 Å². The number of phenolic OH excluding ortho intramolecular Hbond substituents is 1. The number of nitrogens with zero attached hydrogens (tertiary/aromatic N) is 2. The van der Waals surface area contributed by atoms with E-state index in [0.717, 1.165) is 36.6 Å². The van der Waals surface area contributed by atoms with Gasteiger partial charge in [0.1, 0.15) is 5.75 Å². The summed E-state index contributed by atoms with van der Waals surface area (Å²) in [7, 11) is 0. The largest absolute Gasteiger partial charge is 0.507 e. The van der Waals surface area contributed by atoms with Crippen LogP contribution in [0.25, 0.3) is 11.3 Å². The minimum Gasteiger partial charge on any atom is -0.507 e. The molecule has 0 spiro atoms. The van der Waals surface area contributed by atoms with Crippen LogP contribution in [0.2, 0.25) is 5.02 Å². The zero-order valence-corrected chi connectivity index (χ0v) is 21.1. The molecule has 0 bridgehead atoms. The van der Waals surface area contributed by atoms with Gasteiger partial charge in [0.25, 0.3) is 5.91 Å². The summed E-state index contributed by atoms with van der Waals surface area (Å²) in [5.74, 6) is -0.811. The van der Waals surface area contributed by atoms with Crippen LogP contribution in [0.15, 0.2) is 72.8 Å². The molecule has 0 aliphatic heterocycles. The molecule has 5 rings (SSSR count). The normalized spacial score (nSPS) is 13.2. The van der Waals surface area contributed by atoms with E-state index in [2.05, 4.69) is 15.7 Å². The fraction of sp³-hybridized carbons (Fsp3) is 0.179.